The van der Waals surface area contributed by atoms with Crippen molar-refractivity contribution in [3.63, 3.8) is 0 Å². The molecule has 1 heterocycles. The minimum absolute atomic E-state index is 0.187. The van der Waals surface area contributed by atoms with E-state index in [1.165, 1.54) is 7.11 Å². The van der Waals surface area contributed by atoms with Gasteiger partial charge in [0.05, 0.1) is 13.7 Å². The average Bonchev–Trinajstić information content (AvgIpc) is 2.14. The quantitative estimate of drug-likeness (QED) is 0.605. The number of esters is 1. The largest absolute Gasteiger partial charge is 0.469 e. The lowest BCUT2D eigenvalue weighted by Crippen LogP contribution is -2.46. The van der Waals surface area contributed by atoms with Gasteiger partial charge in [0.15, 0.2) is 0 Å². The summed E-state index contributed by atoms with van der Waals surface area (Å²) in [5.74, 6) is -0.00529. The number of carbonyl (C=O) groups excluding carboxylic acids is 2. The van der Waals surface area contributed by atoms with Gasteiger partial charge in [0.2, 0.25) is 5.91 Å². The Kier molecular flexibility index (Phi) is 5.25. The van der Waals surface area contributed by atoms with Gasteiger partial charge in [0.1, 0.15) is 0 Å². The molecule has 0 aromatic carbocycles. The number of hydrogen-bond acceptors (Lipinski definition) is 4. The minimum atomic E-state index is -0.192. The van der Waals surface area contributed by atoms with Crippen molar-refractivity contribution in [2.45, 2.75) is 19.3 Å². The fraction of sp³-hybridized carbons (Fsp3) is 0.818. The summed E-state index contributed by atoms with van der Waals surface area (Å²) in [6.07, 6.45) is 2.27. The number of carbonyl (C=O) groups is 2. The van der Waals surface area contributed by atoms with Crippen LogP contribution < -0.4 is 0 Å². The number of hydrogen-bond donors (Lipinski definition) is 0. The van der Waals surface area contributed by atoms with Gasteiger partial charge in [-0.05, 0) is 26.4 Å². The molecule has 1 rings (SSSR count). The first-order valence-electron chi connectivity index (χ1n) is 5.66. The van der Waals surface area contributed by atoms with E-state index < -0.39 is 0 Å². The Hall–Kier alpha value is -1.10. The smallest absolute Gasteiger partial charge is 0.305 e. The van der Waals surface area contributed by atoms with E-state index in [1.54, 1.807) is 0 Å². The van der Waals surface area contributed by atoms with Crippen LogP contribution in [0.4, 0.5) is 0 Å². The van der Waals surface area contributed by atoms with Crippen LogP contribution in [-0.2, 0) is 14.3 Å². The Morgan fingerprint density at radius 1 is 1.38 bits per heavy atom. The minimum Gasteiger partial charge on any atom is -0.469 e. The van der Waals surface area contributed by atoms with E-state index in [1.807, 2.05) is 16.8 Å². The number of likely N-dealkylation sites (N-methyl/N-ethyl adjacent to an activating group) is 1. The molecular weight excluding hydrogens is 208 g/mol. The van der Waals surface area contributed by atoms with E-state index in [4.69, 9.17) is 0 Å². The van der Waals surface area contributed by atoms with Crippen LogP contribution in [0.2, 0.25) is 0 Å². The Bertz CT molecular complexity index is 252. The van der Waals surface area contributed by atoms with Gasteiger partial charge in [-0.25, -0.2) is 0 Å². The second-order valence-electron chi connectivity index (χ2n) is 4.15. The van der Waals surface area contributed by atoms with Crippen molar-refractivity contribution in [2.24, 2.45) is 0 Å². The molecule has 0 saturated carbocycles. The zero-order chi connectivity index (χ0) is 12.0. The summed E-state index contributed by atoms with van der Waals surface area (Å²) in [5, 5.41) is 0. The van der Waals surface area contributed by atoms with Crippen molar-refractivity contribution >= 4 is 11.9 Å². The lowest BCUT2D eigenvalue weighted by atomic mass is 10.2. The van der Waals surface area contributed by atoms with Gasteiger partial charge in [-0.15, -0.1) is 0 Å². The zero-order valence-corrected chi connectivity index (χ0v) is 10.1. The predicted molar refractivity (Wildman–Crippen MR) is 59.9 cm³/mol. The van der Waals surface area contributed by atoms with Crippen LogP contribution in [0.15, 0.2) is 0 Å². The molecule has 1 aliphatic rings. The fourth-order valence-corrected chi connectivity index (χ4v) is 1.57. The second-order valence-corrected chi connectivity index (χ2v) is 4.15. The molecule has 0 bridgehead atoms. The normalized spacial score (nSPS) is 14.8. The maximum absolute atomic E-state index is 11.6. The molecule has 5 heteroatoms. The lowest BCUT2D eigenvalue weighted by molar-refractivity contribution is -0.140. The van der Waals surface area contributed by atoms with Gasteiger partial charge in [0.25, 0.3) is 0 Å². The van der Waals surface area contributed by atoms with Crippen molar-refractivity contribution < 1.29 is 14.3 Å². The molecule has 0 aromatic rings. The highest BCUT2D eigenvalue weighted by atomic mass is 16.5. The molecule has 0 aromatic heterocycles. The van der Waals surface area contributed by atoms with Gasteiger partial charge in [-0.3, -0.25) is 14.5 Å². The van der Waals surface area contributed by atoms with Crippen LogP contribution in [0.25, 0.3) is 0 Å². The summed E-state index contributed by atoms with van der Waals surface area (Å²) in [6, 6.07) is 0. The summed E-state index contributed by atoms with van der Waals surface area (Å²) >= 11 is 0. The number of methoxy groups -OCH3 is 1. The monoisotopic (exact) mass is 228 g/mol. The Morgan fingerprint density at radius 3 is 2.56 bits per heavy atom. The average molecular weight is 228 g/mol. The van der Waals surface area contributed by atoms with Crippen LogP contribution >= 0.6 is 0 Å². The SMILES string of the molecule is COC(=O)CCCN(C)CC(=O)N1CCC1. The van der Waals surface area contributed by atoms with Crippen LogP contribution in [0, 0.1) is 0 Å². The van der Waals surface area contributed by atoms with Gasteiger partial charge in [-0.2, -0.15) is 0 Å². The molecule has 0 spiro atoms. The first-order valence-corrected chi connectivity index (χ1v) is 5.66. The molecule has 0 atom stereocenters. The van der Waals surface area contributed by atoms with E-state index in [9.17, 15) is 9.59 Å². The van der Waals surface area contributed by atoms with Gasteiger partial charge >= 0.3 is 5.97 Å². The van der Waals surface area contributed by atoms with E-state index in [0.29, 0.717) is 13.0 Å². The zero-order valence-electron chi connectivity index (χ0n) is 10.1. The van der Waals surface area contributed by atoms with Crippen LogP contribution in [0.1, 0.15) is 19.3 Å². The maximum atomic E-state index is 11.6. The lowest BCUT2D eigenvalue weighted by Gasteiger charge is -2.32. The molecule has 1 amide bonds. The number of rotatable bonds is 6. The number of ether oxygens (including phenoxy) is 1. The topological polar surface area (TPSA) is 49.9 Å². The van der Waals surface area contributed by atoms with E-state index >= 15 is 0 Å². The second kappa shape index (κ2) is 6.48. The van der Waals surface area contributed by atoms with Crippen LogP contribution in [0.3, 0.4) is 0 Å². The summed E-state index contributed by atoms with van der Waals surface area (Å²) in [7, 11) is 3.29. The van der Waals surface area contributed by atoms with E-state index in [0.717, 1.165) is 32.5 Å². The van der Waals surface area contributed by atoms with Crippen molar-refractivity contribution in [1.82, 2.24) is 9.80 Å². The molecule has 1 fully saturated rings. The van der Waals surface area contributed by atoms with E-state index in [2.05, 4.69) is 4.74 Å². The third-order valence-electron chi connectivity index (χ3n) is 2.76. The first kappa shape index (κ1) is 13.0. The molecule has 16 heavy (non-hydrogen) atoms. The molecule has 0 radical (unpaired) electrons. The first-order chi connectivity index (χ1) is 7.63. The van der Waals surface area contributed by atoms with Gasteiger partial charge < -0.3 is 9.64 Å². The third-order valence-corrected chi connectivity index (χ3v) is 2.76. The molecular formula is C11H20N2O3. The van der Waals surface area contributed by atoms with Crippen molar-refractivity contribution in [3.05, 3.63) is 0 Å². The summed E-state index contributed by atoms with van der Waals surface area (Å²) < 4.78 is 4.55. The highest BCUT2D eigenvalue weighted by Crippen LogP contribution is 2.06. The molecule has 1 aliphatic heterocycles. The fourth-order valence-electron chi connectivity index (χ4n) is 1.57. The van der Waals surface area contributed by atoms with Crippen LogP contribution in [0.5, 0.6) is 0 Å². The van der Waals surface area contributed by atoms with Gasteiger partial charge in [-0.1, -0.05) is 0 Å². The molecule has 0 aliphatic carbocycles. The third kappa shape index (κ3) is 4.18. The number of amides is 1. The molecule has 5 nitrogen and oxygen atoms in total. The molecule has 1 saturated heterocycles. The Morgan fingerprint density at radius 2 is 2.06 bits per heavy atom. The van der Waals surface area contributed by atoms with Crippen molar-refractivity contribution in [3.8, 4) is 0 Å². The standard InChI is InChI=1S/C11H20N2O3/c1-12(6-3-5-11(15)16-2)9-10(14)13-7-4-8-13/h3-9H2,1-2H3. The summed E-state index contributed by atoms with van der Waals surface area (Å²) in [5.41, 5.74) is 0. The Labute approximate surface area is 96.3 Å². The molecule has 0 unspecified atom stereocenters. The summed E-state index contributed by atoms with van der Waals surface area (Å²) in [4.78, 5) is 26.3. The van der Waals surface area contributed by atoms with Gasteiger partial charge in [0, 0.05) is 19.5 Å². The van der Waals surface area contributed by atoms with Crippen LogP contribution in [-0.4, -0.2) is 62.0 Å². The summed E-state index contributed by atoms with van der Waals surface area (Å²) in [6.45, 7) is 2.99. The molecule has 92 valence electrons. The maximum Gasteiger partial charge on any atom is 0.305 e. The van der Waals surface area contributed by atoms with E-state index in [-0.39, 0.29) is 11.9 Å². The number of likely N-dealkylation sites (tertiary alicyclic amines) is 1. The van der Waals surface area contributed by atoms with Crippen molar-refractivity contribution in [1.29, 1.82) is 0 Å². The highest BCUT2D eigenvalue weighted by molar-refractivity contribution is 5.78. The highest BCUT2D eigenvalue weighted by Gasteiger charge is 2.20. The predicted octanol–water partition coefficient (Wildman–Crippen LogP) is 0.104. The number of nitrogens with zero attached hydrogens (tertiary/aromatic N) is 2. The Balaban J connectivity index is 2.07. The van der Waals surface area contributed by atoms with Crippen molar-refractivity contribution in [2.75, 3.05) is 40.3 Å². The molecule has 0 N–H and O–H groups in total.